The lowest BCUT2D eigenvalue weighted by Crippen LogP contribution is -2.83. The molecule has 5 nitrogen and oxygen atoms in total. The van der Waals surface area contributed by atoms with Gasteiger partial charge >= 0.3 is 0 Å². The van der Waals surface area contributed by atoms with Crippen molar-refractivity contribution in [2.75, 3.05) is 26.3 Å². The van der Waals surface area contributed by atoms with Gasteiger partial charge in [-0.25, -0.2) is 4.39 Å². The smallest absolute Gasteiger partial charge is 0.132 e. The number of halogens is 2. The summed E-state index contributed by atoms with van der Waals surface area (Å²) in [7, 11) is 0. The highest BCUT2D eigenvalue weighted by Gasteiger charge is 2.81. The van der Waals surface area contributed by atoms with Crippen LogP contribution in [0.2, 0.25) is 0 Å². The maximum absolute atomic E-state index is 16.3. The maximum Gasteiger partial charge on any atom is 0.132 e. The standard InChI is InChI=1S/C31H32F2N4O/c1-18-11-22-21-5-2-3-6-25(21)35-27(22)28-26-23(29-30(17-34)15-31(29,16-30)37(18)28)12-20(13-24(26)33)38-19-7-10-36(14-19)9-4-8-32/h2-3,5-6,12-13,18-19,28-29,35H,4,7-11,14-16H2,1H3/t18-,19-,28-,29?,30?,31?/m1/s1. The molecule has 1 aromatic heterocycles. The number of nitriles is 1. The number of benzene rings is 2. The largest absolute Gasteiger partial charge is 0.489 e. The summed E-state index contributed by atoms with van der Waals surface area (Å²) < 4.78 is 35.3. The molecule has 1 saturated heterocycles. The van der Waals surface area contributed by atoms with E-state index in [1.54, 1.807) is 6.07 Å². The fraction of sp³-hybridized carbons (Fsp3) is 0.516. The van der Waals surface area contributed by atoms with Crippen molar-refractivity contribution in [1.82, 2.24) is 14.8 Å². The molecular formula is C31H32F2N4O. The van der Waals surface area contributed by atoms with Crippen molar-refractivity contribution in [2.24, 2.45) is 5.41 Å². The molecule has 9 rings (SSSR count). The maximum atomic E-state index is 16.3. The summed E-state index contributed by atoms with van der Waals surface area (Å²) in [5.74, 6) is 0.331. The van der Waals surface area contributed by atoms with Crippen LogP contribution in [0.5, 0.6) is 5.75 Å². The van der Waals surface area contributed by atoms with Crippen LogP contribution in [0, 0.1) is 22.6 Å². The second-order valence-electron chi connectivity index (χ2n) is 12.4. The number of hydrogen-bond acceptors (Lipinski definition) is 4. The highest BCUT2D eigenvalue weighted by molar-refractivity contribution is 5.85. The topological polar surface area (TPSA) is 55.3 Å². The number of ether oxygens (including phenoxy) is 1. The molecule has 38 heavy (non-hydrogen) atoms. The van der Waals surface area contributed by atoms with Crippen molar-refractivity contribution in [2.45, 2.75) is 68.7 Å². The van der Waals surface area contributed by atoms with E-state index in [0.717, 1.165) is 62.1 Å². The minimum absolute atomic E-state index is 0.0160. The highest BCUT2D eigenvalue weighted by atomic mass is 19.1. The van der Waals surface area contributed by atoms with Crippen molar-refractivity contribution in [3.8, 4) is 11.8 Å². The van der Waals surface area contributed by atoms with Gasteiger partial charge in [-0.2, -0.15) is 5.26 Å². The summed E-state index contributed by atoms with van der Waals surface area (Å²) in [4.78, 5) is 8.46. The number of alkyl halides is 1. The fourth-order valence-electron chi connectivity index (χ4n) is 8.99. The predicted molar refractivity (Wildman–Crippen MR) is 140 cm³/mol. The number of aromatic nitrogens is 1. The molecule has 2 aromatic carbocycles. The van der Waals surface area contributed by atoms with Gasteiger partial charge in [0, 0.05) is 65.4 Å². The number of para-hydroxylation sites is 1. The molecule has 3 aliphatic carbocycles. The number of aromatic amines is 1. The van der Waals surface area contributed by atoms with Gasteiger partial charge in [0.25, 0.3) is 0 Å². The van der Waals surface area contributed by atoms with E-state index < -0.39 is 5.41 Å². The van der Waals surface area contributed by atoms with E-state index in [1.165, 1.54) is 10.9 Å². The number of H-pyrrole nitrogens is 1. The van der Waals surface area contributed by atoms with E-state index in [0.29, 0.717) is 17.7 Å². The summed E-state index contributed by atoms with van der Waals surface area (Å²) in [5.41, 5.74) is 4.68. The van der Waals surface area contributed by atoms with Gasteiger partial charge in [0.1, 0.15) is 17.7 Å². The van der Waals surface area contributed by atoms with Crippen LogP contribution in [-0.4, -0.2) is 58.8 Å². The SMILES string of the molecule is C[C@@H]1Cc2c([nH]c3ccccc23)[C@H]2c3c(F)cc(O[C@@H]4CCN(CCCF)C4)cc3C3C4(C#N)CC3(C4)N21. The molecule has 0 radical (unpaired) electrons. The van der Waals surface area contributed by atoms with Crippen LogP contribution >= 0.6 is 0 Å². The quantitative estimate of drug-likeness (QED) is 0.481. The lowest BCUT2D eigenvalue weighted by atomic mass is 9.30. The van der Waals surface area contributed by atoms with E-state index in [9.17, 15) is 9.65 Å². The van der Waals surface area contributed by atoms with E-state index in [1.807, 2.05) is 12.1 Å². The number of hydrogen-bond donors (Lipinski definition) is 1. The first-order valence-electron chi connectivity index (χ1n) is 14.1. The van der Waals surface area contributed by atoms with Crippen molar-refractivity contribution in [3.63, 3.8) is 0 Å². The molecular weight excluding hydrogens is 482 g/mol. The number of rotatable bonds is 5. The van der Waals surface area contributed by atoms with Crippen molar-refractivity contribution in [1.29, 1.82) is 5.26 Å². The van der Waals surface area contributed by atoms with Gasteiger partial charge in [-0.05, 0) is 62.3 Å². The summed E-state index contributed by atoms with van der Waals surface area (Å²) in [6, 6.07) is 14.7. The van der Waals surface area contributed by atoms with Gasteiger partial charge in [0.15, 0.2) is 0 Å². The number of nitrogens with one attached hydrogen (secondary N) is 1. The highest BCUT2D eigenvalue weighted by Crippen LogP contribution is 2.81. The first-order chi connectivity index (χ1) is 18.5. The van der Waals surface area contributed by atoms with Crippen LogP contribution in [0.25, 0.3) is 10.9 Å². The molecule has 3 aliphatic heterocycles. The first-order valence-corrected chi connectivity index (χ1v) is 14.1. The van der Waals surface area contributed by atoms with Crippen LogP contribution in [0.3, 0.4) is 0 Å². The Morgan fingerprint density at radius 2 is 2.08 bits per heavy atom. The number of fused-ring (bicyclic) bond motifs is 7. The Hall–Kier alpha value is -2.95. The molecule has 7 heteroatoms. The zero-order chi connectivity index (χ0) is 25.8. The van der Waals surface area contributed by atoms with Gasteiger partial charge < -0.3 is 9.72 Å². The molecule has 1 N–H and O–H groups in total. The molecule has 1 unspecified atom stereocenters. The predicted octanol–water partition coefficient (Wildman–Crippen LogP) is 5.61. The molecule has 3 aromatic rings. The third-order valence-electron chi connectivity index (χ3n) is 10.3. The molecule has 0 amide bonds. The second kappa shape index (κ2) is 7.80. The lowest BCUT2D eigenvalue weighted by Gasteiger charge is -2.80. The fourth-order valence-corrected chi connectivity index (χ4v) is 8.99. The van der Waals surface area contributed by atoms with Crippen LogP contribution in [0.1, 0.15) is 67.0 Å². The van der Waals surface area contributed by atoms with Crippen molar-refractivity contribution in [3.05, 3.63) is 64.6 Å². The minimum Gasteiger partial charge on any atom is -0.489 e. The van der Waals surface area contributed by atoms with Gasteiger partial charge in [-0.15, -0.1) is 0 Å². The number of nitrogens with zero attached hydrogens (tertiary/aromatic N) is 3. The molecule has 1 spiro atoms. The zero-order valence-electron chi connectivity index (χ0n) is 21.6. The normalized spacial score (nSPS) is 34.9. The second-order valence-corrected chi connectivity index (χ2v) is 12.4. The third kappa shape index (κ3) is 2.80. The van der Waals surface area contributed by atoms with Crippen molar-refractivity contribution >= 4 is 10.9 Å². The first kappa shape index (κ1) is 23.0. The van der Waals surface area contributed by atoms with Gasteiger partial charge in [0.2, 0.25) is 0 Å². The Balaban J connectivity index is 1.23. The Morgan fingerprint density at radius 1 is 1.24 bits per heavy atom. The third-order valence-corrected chi connectivity index (χ3v) is 10.3. The van der Waals surface area contributed by atoms with Crippen LogP contribution in [0.4, 0.5) is 8.78 Å². The van der Waals surface area contributed by atoms with Crippen LogP contribution in [-0.2, 0) is 6.42 Å². The molecule has 4 atom stereocenters. The van der Waals surface area contributed by atoms with Crippen LogP contribution < -0.4 is 4.74 Å². The van der Waals surface area contributed by atoms with Gasteiger partial charge in [-0.1, -0.05) is 18.2 Å². The Kier molecular flexibility index (Phi) is 4.72. The Bertz CT molecular complexity index is 1500. The summed E-state index contributed by atoms with van der Waals surface area (Å²) in [6.45, 7) is 4.30. The molecule has 4 heterocycles. The molecule has 2 bridgehead atoms. The molecule has 196 valence electrons. The van der Waals surface area contributed by atoms with E-state index in [2.05, 4.69) is 46.0 Å². The minimum atomic E-state index is -0.401. The lowest BCUT2D eigenvalue weighted by molar-refractivity contribution is -0.246. The molecule has 6 aliphatic rings. The average molecular weight is 515 g/mol. The monoisotopic (exact) mass is 514 g/mol. The van der Waals surface area contributed by atoms with Crippen LogP contribution in [0.15, 0.2) is 36.4 Å². The Labute approximate surface area is 221 Å². The molecule has 3 saturated carbocycles. The van der Waals surface area contributed by atoms with E-state index >= 15 is 4.39 Å². The van der Waals surface area contributed by atoms with Gasteiger partial charge in [-0.3, -0.25) is 14.2 Å². The number of likely N-dealkylation sites (tertiary alicyclic amines) is 1. The summed E-state index contributed by atoms with van der Waals surface area (Å²) >= 11 is 0. The zero-order valence-corrected chi connectivity index (χ0v) is 21.6. The summed E-state index contributed by atoms with van der Waals surface area (Å²) in [6.07, 6.45) is 3.99. The Morgan fingerprint density at radius 3 is 2.89 bits per heavy atom. The van der Waals surface area contributed by atoms with Crippen molar-refractivity contribution < 1.29 is 13.5 Å². The summed E-state index contributed by atoms with van der Waals surface area (Å²) in [5, 5.41) is 11.4. The van der Waals surface area contributed by atoms with E-state index in [4.69, 9.17) is 4.74 Å². The molecule has 4 fully saturated rings. The van der Waals surface area contributed by atoms with Gasteiger partial charge in [0.05, 0.1) is 24.2 Å². The van der Waals surface area contributed by atoms with E-state index in [-0.39, 0.29) is 42.1 Å². The average Bonchev–Trinajstić information content (AvgIpc) is 3.46.